The summed E-state index contributed by atoms with van der Waals surface area (Å²) in [5.41, 5.74) is 0.920. The topological polar surface area (TPSA) is 38.1 Å². The number of rotatable bonds is 3. The van der Waals surface area contributed by atoms with Crippen LogP contribution in [0.25, 0.3) is 0 Å². The van der Waals surface area contributed by atoms with Crippen molar-refractivity contribution in [1.82, 2.24) is 9.66 Å². The Morgan fingerprint density at radius 3 is 2.71 bits per heavy atom. The molecule has 2 aromatic heterocycles. The van der Waals surface area contributed by atoms with Gasteiger partial charge in [0.05, 0.1) is 5.69 Å². The third kappa shape index (κ3) is 1.54. The average molecular weight is 207 g/mol. The summed E-state index contributed by atoms with van der Waals surface area (Å²) in [6.07, 6.45) is 4.34. The monoisotopic (exact) mass is 207 g/mol. The van der Waals surface area contributed by atoms with Gasteiger partial charge in [-0.2, -0.15) is 5.01 Å². The SMILES string of the molecule is Cc1csc(N(C=O)n2cccc2)n1. The number of anilines is 1. The van der Waals surface area contributed by atoms with E-state index in [2.05, 4.69) is 4.98 Å². The van der Waals surface area contributed by atoms with E-state index in [0.29, 0.717) is 5.13 Å². The zero-order chi connectivity index (χ0) is 9.97. The van der Waals surface area contributed by atoms with Gasteiger partial charge in [-0.3, -0.25) is 9.47 Å². The second kappa shape index (κ2) is 3.63. The van der Waals surface area contributed by atoms with Crippen molar-refractivity contribution in [2.45, 2.75) is 6.92 Å². The molecule has 2 heterocycles. The van der Waals surface area contributed by atoms with Crippen LogP contribution in [0.5, 0.6) is 0 Å². The number of hydrogen-bond acceptors (Lipinski definition) is 3. The first kappa shape index (κ1) is 8.96. The lowest BCUT2D eigenvalue weighted by Gasteiger charge is -2.14. The zero-order valence-electron chi connectivity index (χ0n) is 7.62. The standard InChI is InChI=1S/C9H9N3OS/c1-8-6-14-9(10-8)12(7-13)11-4-2-3-5-11/h2-7H,1H3. The number of carbonyl (C=O) groups is 1. The lowest BCUT2D eigenvalue weighted by Crippen LogP contribution is -2.26. The van der Waals surface area contributed by atoms with Crippen LogP contribution in [0.15, 0.2) is 29.9 Å². The molecule has 0 unspecified atom stereocenters. The summed E-state index contributed by atoms with van der Waals surface area (Å²) in [5, 5.41) is 4.04. The molecule has 5 heteroatoms. The second-order valence-electron chi connectivity index (χ2n) is 2.78. The fourth-order valence-corrected chi connectivity index (χ4v) is 1.88. The first-order valence-electron chi connectivity index (χ1n) is 4.11. The number of thiazole rings is 1. The minimum atomic E-state index is 0.675. The van der Waals surface area contributed by atoms with E-state index in [4.69, 9.17) is 0 Å². The molecule has 0 aliphatic rings. The second-order valence-corrected chi connectivity index (χ2v) is 3.62. The fraction of sp³-hybridized carbons (Fsp3) is 0.111. The number of nitrogens with zero attached hydrogens (tertiary/aromatic N) is 3. The number of aromatic nitrogens is 2. The Hall–Kier alpha value is -1.62. The first-order valence-corrected chi connectivity index (χ1v) is 4.99. The molecule has 2 rings (SSSR count). The highest BCUT2D eigenvalue weighted by atomic mass is 32.1. The van der Waals surface area contributed by atoms with Crippen molar-refractivity contribution in [1.29, 1.82) is 0 Å². The molecule has 0 bridgehead atoms. The molecule has 1 amide bonds. The van der Waals surface area contributed by atoms with E-state index >= 15 is 0 Å². The summed E-state index contributed by atoms with van der Waals surface area (Å²) >= 11 is 1.44. The van der Waals surface area contributed by atoms with Crippen molar-refractivity contribution in [3.05, 3.63) is 35.6 Å². The molecule has 0 aliphatic heterocycles. The Balaban J connectivity index is 2.35. The maximum atomic E-state index is 10.9. The van der Waals surface area contributed by atoms with Crippen molar-refractivity contribution in [2.24, 2.45) is 0 Å². The molecule has 0 radical (unpaired) electrons. The van der Waals surface area contributed by atoms with Crippen LogP contribution in [-0.4, -0.2) is 16.1 Å². The van der Waals surface area contributed by atoms with Crippen LogP contribution in [0, 0.1) is 6.92 Å². The summed E-state index contributed by atoms with van der Waals surface area (Å²) in [7, 11) is 0. The van der Waals surface area contributed by atoms with Crippen molar-refractivity contribution in [3.8, 4) is 0 Å². The van der Waals surface area contributed by atoms with Crippen molar-refractivity contribution < 1.29 is 4.79 Å². The molecule has 0 saturated carbocycles. The van der Waals surface area contributed by atoms with E-state index in [9.17, 15) is 4.79 Å². The molecule has 72 valence electrons. The van der Waals surface area contributed by atoms with E-state index in [1.165, 1.54) is 16.3 Å². The van der Waals surface area contributed by atoms with Gasteiger partial charge >= 0.3 is 0 Å². The third-order valence-corrected chi connectivity index (χ3v) is 2.69. The Labute approximate surface area is 85.4 Å². The molecule has 14 heavy (non-hydrogen) atoms. The molecule has 0 atom stereocenters. The van der Waals surface area contributed by atoms with Crippen molar-refractivity contribution >= 4 is 22.9 Å². The number of hydrogen-bond donors (Lipinski definition) is 0. The van der Waals surface area contributed by atoms with E-state index in [1.807, 2.05) is 24.4 Å². The maximum absolute atomic E-state index is 10.9. The van der Waals surface area contributed by atoms with Crippen LogP contribution in [0.4, 0.5) is 5.13 Å². The van der Waals surface area contributed by atoms with Gasteiger partial charge in [-0.15, -0.1) is 11.3 Å². The molecule has 0 spiro atoms. The Morgan fingerprint density at radius 2 is 2.21 bits per heavy atom. The highest BCUT2D eigenvalue weighted by Crippen LogP contribution is 2.19. The van der Waals surface area contributed by atoms with Gasteiger partial charge < -0.3 is 0 Å². The highest BCUT2D eigenvalue weighted by molar-refractivity contribution is 7.13. The van der Waals surface area contributed by atoms with Gasteiger partial charge in [-0.05, 0) is 19.1 Å². The Kier molecular flexibility index (Phi) is 2.32. The van der Waals surface area contributed by atoms with Crippen LogP contribution in [-0.2, 0) is 4.79 Å². The number of amides is 1. The summed E-state index contributed by atoms with van der Waals surface area (Å²) in [6.45, 7) is 1.90. The summed E-state index contributed by atoms with van der Waals surface area (Å²) in [6, 6.07) is 3.72. The van der Waals surface area contributed by atoms with E-state index in [1.54, 1.807) is 17.1 Å². The summed E-state index contributed by atoms with van der Waals surface area (Å²) in [4.78, 5) is 15.1. The van der Waals surface area contributed by atoms with Gasteiger partial charge in [0.1, 0.15) is 0 Å². The lowest BCUT2D eigenvalue weighted by molar-refractivity contribution is -0.108. The van der Waals surface area contributed by atoms with E-state index < -0.39 is 0 Å². The van der Waals surface area contributed by atoms with Crippen molar-refractivity contribution in [3.63, 3.8) is 0 Å². The molecule has 0 aromatic carbocycles. The predicted octanol–water partition coefficient (Wildman–Crippen LogP) is 1.68. The summed E-state index contributed by atoms with van der Waals surface area (Å²) in [5.74, 6) is 0. The quantitative estimate of drug-likeness (QED) is 0.718. The maximum Gasteiger partial charge on any atom is 0.235 e. The van der Waals surface area contributed by atoms with Crippen molar-refractivity contribution in [2.75, 3.05) is 5.01 Å². The Morgan fingerprint density at radius 1 is 1.50 bits per heavy atom. The highest BCUT2D eigenvalue weighted by Gasteiger charge is 2.09. The minimum Gasteiger partial charge on any atom is -0.276 e. The van der Waals surface area contributed by atoms with Crippen LogP contribution in [0.1, 0.15) is 5.69 Å². The molecule has 2 aromatic rings. The van der Waals surface area contributed by atoms with Gasteiger partial charge in [-0.1, -0.05) is 0 Å². The van der Waals surface area contributed by atoms with Crippen LogP contribution in [0.3, 0.4) is 0 Å². The Bertz CT molecular complexity index is 421. The minimum absolute atomic E-state index is 0.675. The zero-order valence-corrected chi connectivity index (χ0v) is 8.44. The van der Waals surface area contributed by atoms with Crippen LogP contribution >= 0.6 is 11.3 Å². The first-order chi connectivity index (χ1) is 6.81. The molecule has 0 N–H and O–H groups in total. The van der Waals surface area contributed by atoms with Gasteiger partial charge in [0.2, 0.25) is 11.5 Å². The van der Waals surface area contributed by atoms with Gasteiger partial charge in [0.15, 0.2) is 0 Å². The molecular formula is C9H9N3OS. The van der Waals surface area contributed by atoms with E-state index in [0.717, 1.165) is 12.1 Å². The molecule has 0 aliphatic carbocycles. The molecule has 0 fully saturated rings. The van der Waals surface area contributed by atoms with Gasteiger partial charge in [0, 0.05) is 17.8 Å². The van der Waals surface area contributed by atoms with E-state index in [-0.39, 0.29) is 0 Å². The molecular weight excluding hydrogens is 198 g/mol. The van der Waals surface area contributed by atoms with Crippen LogP contribution in [0.2, 0.25) is 0 Å². The third-order valence-electron chi connectivity index (χ3n) is 1.74. The number of aryl methyl sites for hydroxylation is 1. The van der Waals surface area contributed by atoms with Gasteiger partial charge in [-0.25, -0.2) is 4.98 Å². The largest absolute Gasteiger partial charge is 0.276 e. The van der Waals surface area contributed by atoms with Gasteiger partial charge in [0.25, 0.3) is 0 Å². The lowest BCUT2D eigenvalue weighted by atomic mass is 10.6. The smallest absolute Gasteiger partial charge is 0.235 e. The predicted molar refractivity (Wildman–Crippen MR) is 55.2 cm³/mol. The number of carbonyl (C=O) groups excluding carboxylic acids is 1. The summed E-state index contributed by atoms with van der Waals surface area (Å²) < 4.78 is 1.69. The average Bonchev–Trinajstić information content (AvgIpc) is 2.79. The normalized spacial score (nSPS) is 10.1. The fourth-order valence-electron chi connectivity index (χ4n) is 1.11. The molecule has 0 saturated heterocycles. The van der Waals surface area contributed by atoms with Crippen LogP contribution < -0.4 is 5.01 Å². The molecule has 4 nitrogen and oxygen atoms in total.